The first-order chi connectivity index (χ1) is 25.2. The maximum absolute atomic E-state index is 2.46. The summed E-state index contributed by atoms with van der Waals surface area (Å²) in [7, 11) is 0. The molecule has 246 valence electrons. The van der Waals surface area contributed by atoms with E-state index in [2.05, 4.69) is 183 Å². The fourth-order valence-electron chi connectivity index (χ4n) is 8.16. The summed E-state index contributed by atoms with van der Waals surface area (Å²) in [5.41, 5.74) is 11.2. The van der Waals surface area contributed by atoms with Gasteiger partial charge in [-0.25, -0.2) is 0 Å². The van der Waals surface area contributed by atoms with Crippen LogP contribution >= 0.6 is 0 Å². The highest BCUT2D eigenvalue weighted by Crippen LogP contribution is 2.47. The molecule has 0 saturated heterocycles. The molecule has 0 saturated carbocycles. The maximum atomic E-state index is 2.46. The number of fused-ring (bicyclic) bond motifs is 2. The zero-order valence-corrected chi connectivity index (χ0v) is 29.4. The number of aryl methyl sites for hydroxylation is 2. The second kappa shape index (κ2) is 13.1. The molecule has 0 aliphatic rings. The zero-order chi connectivity index (χ0) is 34.3. The van der Waals surface area contributed by atoms with Gasteiger partial charge in [0.15, 0.2) is 0 Å². The highest BCUT2D eigenvalue weighted by Gasteiger charge is 2.21. The van der Waals surface area contributed by atoms with Crippen LogP contribution in [0, 0.1) is 0 Å². The molecule has 0 radical (unpaired) electrons. The third-order valence-corrected chi connectivity index (χ3v) is 10.6. The van der Waals surface area contributed by atoms with Crippen molar-refractivity contribution in [2.45, 2.75) is 39.5 Å². The summed E-state index contributed by atoms with van der Waals surface area (Å²) in [6.45, 7) is 4.47. The van der Waals surface area contributed by atoms with E-state index in [9.17, 15) is 0 Å². The lowest BCUT2D eigenvalue weighted by molar-refractivity contribution is 0.922. The molecule has 0 unspecified atom stereocenters. The summed E-state index contributed by atoms with van der Waals surface area (Å²) in [5, 5.41) is 10.4. The lowest BCUT2D eigenvalue weighted by Crippen LogP contribution is -2.11. The topological polar surface area (TPSA) is 3.24 Å². The third kappa shape index (κ3) is 5.50. The van der Waals surface area contributed by atoms with E-state index in [0.717, 1.165) is 37.1 Å². The van der Waals surface area contributed by atoms with Gasteiger partial charge in [-0.05, 0) is 114 Å². The Bertz CT molecular complexity index is 2510. The van der Waals surface area contributed by atoms with Gasteiger partial charge in [-0.15, -0.1) is 0 Å². The summed E-state index contributed by atoms with van der Waals surface area (Å²) in [5.74, 6) is 0. The number of rotatable bonds is 9. The summed E-state index contributed by atoms with van der Waals surface area (Å²) in [6.07, 6.45) is 4.55. The predicted octanol–water partition coefficient (Wildman–Crippen LogP) is 14.4. The van der Waals surface area contributed by atoms with Crippen molar-refractivity contribution in [1.82, 2.24) is 0 Å². The van der Waals surface area contributed by atoms with Gasteiger partial charge >= 0.3 is 0 Å². The molecule has 0 aliphatic heterocycles. The Morgan fingerprint density at radius 1 is 0.353 bits per heavy atom. The molecule has 9 aromatic carbocycles. The Kier molecular flexibility index (Phi) is 7.97. The van der Waals surface area contributed by atoms with Gasteiger partial charge < -0.3 is 4.90 Å². The molecule has 51 heavy (non-hydrogen) atoms. The van der Waals surface area contributed by atoms with E-state index in [1.54, 1.807) is 0 Å². The van der Waals surface area contributed by atoms with Gasteiger partial charge in [-0.2, -0.15) is 0 Å². The summed E-state index contributed by atoms with van der Waals surface area (Å²) >= 11 is 0. The van der Waals surface area contributed by atoms with Gasteiger partial charge in [-0.3, -0.25) is 0 Å². The van der Waals surface area contributed by atoms with Gasteiger partial charge in [-0.1, -0.05) is 160 Å². The quantitative estimate of drug-likeness (QED) is 0.110. The second-order valence-electron chi connectivity index (χ2n) is 13.9. The fourth-order valence-corrected chi connectivity index (χ4v) is 8.16. The molecule has 0 heterocycles. The number of benzene rings is 9. The minimum absolute atomic E-state index is 1.12. The van der Waals surface area contributed by atoms with E-state index in [1.807, 2.05) is 0 Å². The Morgan fingerprint density at radius 2 is 0.765 bits per heavy atom. The normalized spacial score (nSPS) is 11.6. The zero-order valence-electron chi connectivity index (χ0n) is 29.4. The summed E-state index contributed by atoms with van der Waals surface area (Å²) in [4.78, 5) is 2.46. The van der Waals surface area contributed by atoms with E-state index < -0.39 is 0 Å². The minimum atomic E-state index is 1.12. The van der Waals surface area contributed by atoms with Gasteiger partial charge in [0.25, 0.3) is 0 Å². The van der Waals surface area contributed by atoms with Crippen LogP contribution in [0.4, 0.5) is 17.1 Å². The highest BCUT2D eigenvalue weighted by molar-refractivity contribution is 6.35. The molecule has 0 aromatic heterocycles. The standard InChI is InChI=1S/C50H41N/c1-3-8-34-16-20-36(21-17-34)38-24-29-42(30-25-38)51(43-31-26-39(27-32-43)37-22-18-35(9-4-2)19-23-37)47-33-28-41-12-6-14-45-44-13-5-10-40-11-7-15-46(48(40)44)50(47)49(41)45/h5-7,10-33H,3-4,8-9H2,1-2H3. The van der Waals surface area contributed by atoms with Crippen LogP contribution in [0.2, 0.25) is 0 Å². The van der Waals surface area contributed by atoms with Gasteiger partial charge in [0.1, 0.15) is 0 Å². The maximum Gasteiger partial charge on any atom is 0.0546 e. The smallest absolute Gasteiger partial charge is 0.0546 e. The molecular formula is C50H41N. The molecular weight excluding hydrogens is 615 g/mol. The molecule has 1 nitrogen and oxygen atoms in total. The van der Waals surface area contributed by atoms with Crippen LogP contribution < -0.4 is 4.90 Å². The Hall–Kier alpha value is -5.92. The largest absolute Gasteiger partial charge is 0.310 e. The van der Waals surface area contributed by atoms with Crippen molar-refractivity contribution in [2.75, 3.05) is 4.90 Å². The van der Waals surface area contributed by atoms with Gasteiger partial charge in [0.05, 0.1) is 5.69 Å². The van der Waals surface area contributed by atoms with E-state index in [0.29, 0.717) is 0 Å². The monoisotopic (exact) mass is 655 g/mol. The van der Waals surface area contributed by atoms with E-state index in [1.165, 1.54) is 82.2 Å². The minimum Gasteiger partial charge on any atom is -0.310 e. The molecule has 0 N–H and O–H groups in total. The average Bonchev–Trinajstić information content (AvgIpc) is 3.19. The molecule has 1 heteroatoms. The Labute approximate surface area is 300 Å². The molecule has 9 rings (SSSR count). The Balaban J connectivity index is 1.23. The predicted molar refractivity (Wildman–Crippen MR) is 221 cm³/mol. The molecule has 0 fully saturated rings. The summed E-state index contributed by atoms with van der Waals surface area (Å²) in [6, 6.07) is 61.3. The van der Waals surface area contributed by atoms with E-state index in [4.69, 9.17) is 0 Å². The molecule has 0 bridgehead atoms. The molecule has 0 amide bonds. The third-order valence-electron chi connectivity index (χ3n) is 10.6. The lowest BCUT2D eigenvalue weighted by atomic mass is 9.88. The first-order valence-electron chi connectivity index (χ1n) is 18.5. The molecule has 0 spiro atoms. The van der Waals surface area contributed by atoms with Crippen molar-refractivity contribution >= 4 is 60.2 Å². The van der Waals surface area contributed by atoms with Crippen molar-refractivity contribution in [3.05, 3.63) is 175 Å². The van der Waals surface area contributed by atoms with E-state index >= 15 is 0 Å². The van der Waals surface area contributed by atoms with Crippen LogP contribution in [0.15, 0.2) is 164 Å². The fraction of sp³-hybridized carbons (Fsp3) is 0.120. The van der Waals surface area contributed by atoms with E-state index in [-0.39, 0.29) is 0 Å². The SMILES string of the molecule is CCCc1ccc(-c2ccc(N(c3ccc(-c4ccc(CCC)cc4)cc3)c3ccc4cccc5c6cccc7cccc(c3c45)c76)cc2)cc1. The van der Waals surface area contributed by atoms with Crippen LogP contribution in [-0.2, 0) is 12.8 Å². The van der Waals surface area contributed by atoms with Crippen molar-refractivity contribution < 1.29 is 0 Å². The highest BCUT2D eigenvalue weighted by atomic mass is 15.1. The average molecular weight is 656 g/mol. The van der Waals surface area contributed by atoms with Crippen LogP contribution in [0.1, 0.15) is 37.8 Å². The van der Waals surface area contributed by atoms with Gasteiger partial charge in [0.2, 0.25) is 0 Å². The lowest BCUT2D eigenvalue weighted by Gasteiger charge is -2.29. The van der Waals surface area contributed by atoms with Crippen LogP contribution in [0.25, 0.3) is 65.3 Å². The number of anilines is 3. The van der Waals surface area contributed by atoms with Gasteiger partial charge in [0, 0.05) is 16.8 Å². The summed E-state index contributed by atoms with van der Waals surface area (Å²) < 4.78 is 0. The van der Waals surface area contributed by atoms with Crippen LogP contribution in [0.3, 0.4) is 0 Å². The number of nitrogens with zero attached hydrogens (tertiary/aromatic N) is 1. The van der Waals surface area contributed by atoms with Crippen molar-refractivity contribution in [3.63, 3.8) is 0 Å². The molecule has 0 aliphatic carbocycles. The second-order valence-corrected chi connectivity index (χ2v) is 13.9. The van der Waals surface area contributed by atoms with Crippen molar-refractivity contribution in [2.24, 2.45) is 0 Å². The molecule has 0 atom stereocenters. The number of hydrogen-bond acceptors (Lipinski definition) is 1. The van der Waals surface area contributed by atoms with Crippen molar-refractivity contribution in [3.8, 4) is 22.3 Å². The van der Waals surface area contributed by atoms with Crippen LogP contribution in [0.5, 0.6) is 0 Å². The number of hydrogen-bond donors (Lipinski definition) is 0. The van der Waals surface area contributed by atoms with Crippen LogP contribution in [-0.4, -0.2) is 0 Å². The Morgan fingerprint density at radius 3 is 1.24 bits per heavy atom. The first kappa shape index (κ1) is 31.1. The first-order valence-corrected chi connectivity index (χ1v) is 18.5. The van der Waals surface area contributed by atoms with Crippen molar-refractivity contribution in [1.29, 1.82) is 0 Å². The molecule has 9 aromatic rings.